The highest BCUT2D eigenvalue weighted by molar-refractivity contribution is 6.08. The smallest absolute Gasteiger partial charge is 0.0465 e. The number of benzene rings is 5. The number of rotatable bonds is 2. The number of nitrogens with one attached hydrogen (secondary N) is 1. The lowest BCUT2D eigenvalue weighted by Gasteiger charge is -2.22. The minimum atomic E-state index is -0.000169. The fourth-order valence-electron chi connectivity index (χ4n) is 5.87. The van der Waals surface area contributed by atoms with Crippen LogP contribution in [-0.2, 0) is 5.41 Å². The fourth-order valence-corrected chi connectivity index (χ4v) is 5.87. The van der Waals surface area contributed by atoms with Crippen LogP contribution in [0.15, 0.2) is 109 Å². The Balaban J connectivity index is 1.41. The van der Waals surface area contributed by atoms with Crippen LogP contribution in [0, 0.1) is 0 Å². The summed E-state index contributed by atoms with van der Waals surface area (Å²) in [6.45, 7) is 4.69. The van der Waals surface area contributed by atoms with E-state index in [9.17, 15) is 0 Å². The van der Waals surface area contributed by atoms with E-state index in [1.165, 1.54) is 66.3 Å². The van der Waals surface area contributed by atoms with Crippen LogP contribution in [0.1, 0.15) is 25.0 Å². The Morgan fingerprint density at radius 2 is 1.06 bits per heavy atom. The van der Waals surface area contributed by atoms with Crippen molar-refractivity contribution in [1.29, 1.82) is 0 Å². The molecule has 1 aliphatic rings. The molecular weight excluding hydrogens is 410 g/mol. The second-order valence-electron chi connectivity index (χ2n) is 9.91. The van der Waals surface area contributed by atoms with Gasteiger partial charge in [0, 0.05) is 27.2 Å². The number of hydrogen-bond donors (Lipinski definition) is 1. The van der Waals surface area contributed by atoms with E-state index in [-0.39, 0.29) is 5.41 Å². The molecular formula is C33H25N. The van der Waals surface area contributed by atoms with Crippen LogP contribution in [0.4, 0.5) is 0 Å². The molecule has 1 heterocycles. The van der Waals surface area contributed by atoms with Crippen molar-refractivity contribution in [2.45, 2.75) is 19.3 Å². The molecule has 34 heavy (non-hydrogen) atoms. The number of H-pyrrole nitrogens is 1. The summed E-state index contributed by atoms with van der Waals surface area (Å²) in [5, 5.41) is 2.54. The first kappa shape index (κ1) is 19.4. The quantitative estimate of drug-likeness (QED) is 0.279. The fraction of sp³-hybridized carbons (Fsp3) is 0.0909. The number of aromatic nitrogens is 1. The van der Waals surface area contributed by atoms with E-state index in [2.05, 4.69) is 128 Å². The number of para-hydroxylation sites is 1. The van der Waals surface area contributed by atoms with Crippen LogP contribution in [0.5, 0.6) is 0 Å². The first-order chi connectivity index (χ1) is 16.6. The molecule has 5 aromatic carbocycles. The highest BCUT2D eigenvalue weighted by Gasteiger charge is 2.35. The van der Waals surface area contributed by atoms with Gasteiger partial charge < -0.3 is 4.98 Å². The predicted molar refractivity (Wildman–Crippen MR) is 144 cm³/mol. The molecule has 0 fully saturated rings. The molecule has 1 nitrogen and oxygen atoms in total. The third-order valence-corrected chi connectivity index (χ3v) is 7.64. The van der Waals surface area contributed by atoms with Crippen molar-refractivity contribution in [3.8, 4) is 33.4 Å². The Labute approximate surface area is 199 Å². The molecule has 7 rings (SSSR count). The molecule has 0 radical (unpaired) electrons. The lowest BCUT2D eigenvalue weighted by atomic mass is 9.81. The summed E-state index contributed by atoms with van der Waals surface area (Å²) in [5.74, 6) is 0. The Hall–Kier alpha value is -4.10. The molecule has 0 aliphatic heterocycles. The van der Waals surface area contributed by atoms with Gasteiger partial charge in [0.2, 0.25) is 0 Å². The highest BCUT2D eigenvalue weighted by atomic mass is 14.7. The molecule has 0 saturated heterocycles. The minimum absolute atomic E-state index is 0.000169. The minimum Gasteiger partial charge on any atom is -0.355 e. The lowest BCUT2D eigenvalue weighted by molar-refractivity contribution is 0.660. The zero-order valence-electron chi connectivity index (χ0n) is 19.4. The third kappa shape index (κ3) is 2.67. The first-order valence-electron chi connectivity index (χ1n) is 12.0. The maximum Gasteiger partial charge on any atom is 0.0465 e. The highest BCUT2D eigenvalue weighted by Crippen LogP contribution is 2.50. The van der Waals surface area contributed by atoms with E-state index in [4.69, 9.17) is 0 Å². The summed E-state index contributed by atoms with van der Waals surface area (Å²) in [6.07, 6.45) is 0. The van der Waals surface area contributed by atoms with E-state index in [0.29, 0.717) is 0 Å². The summed E-state index contributed by atoms with van der Waals surface area (Å²) in [6, 6.07) is 40.0. The molecule has 6 aromatic rings. The van der Waals surface area contributed by atoms with Gasteiger partial charge in [-0.3, -0.25) is 0 Å². The van der Waals surface area contributed by atoms with E-state index in [0.717, 1.165) is 0 Å². The molecule has 162 valence electrons. The Kier molecular flexibility index (Phi) is 3.96. The largest absolute Gasteiger partial charge is 0.355 e. The normalized spacial score (nSPS) is 13.8. The number of hydrogen-bond acceptors (Lipinski definition) is 0. The Morgan fingerprint density at radius 1 is 0.471 bits per heavy atom. The van der Waals surface area contributed by atoms with Gasteiger partial charge in [-0.2, -0.15) is 0 Å². The van der Waals surface area contributed by atoms with Crippen LogP contribution < -0.4 is 0 Å². The predicted octanol–water partition coefficient (Wildman–Crippen LogP) is 8.96. The number of fused-ring (bicyclic) bond motifs is 6. The van der Waals surface area contributed by atoms with Crippen molar-refractivity contribution < 1.29 is 0 Å². The molecule has 0 atom stereocenters. The van der Waals surface area contributed by atoms with Gasteiger partial charge in [0.15, 0.2) is 0 Å². The molecule has 0 saturated carbocycles. The van der Waals surface area contributed by atoms with Crippen molar-refractivity contribution in [3.05, 3.63) is 120 Å². The van der Waals surface area contributed by atoms with Gasteiger partial charge in [0.25, 0.3) is 0 Å². The van der Waals surface area contributed by atoms with E-state index in [1.807, 2.05) is 0 Å². The molecule has 0 amide bonds. The summed E-state index contributed by atoms with van der Waals surface area (Å²) >= 11 is 0. The second-order valence-corrected chi connectivity index (χ2v) is 9.91. The van der Waals surface area contributed by atoms with Crippen LogP contribution in [-0.4, -0.2) is 4.98 Å². The van der Waals surface area contributed by atoms with Gasteiger partial charge in [-0.25, -0.2) is 0 Å². The van der Waals surface area contributed by atoms with Gasteiger partial charge in [-0.05, 0) is 68.8 Å². The Morgan fingerprint density at radius 3 is 1.88 bits per heavy atom. The maximum atomic E-state index is 3.55. The second kappa shape index (κ2) is 6.95. The maximum absolute atomic E-state index is 3.55. The van der Waals surface area contributed by atoms with Crippen molar-refractivity contribution in [2.24, 2.45) is 0 Å². The van der Waals surface area contributed by atoms with Crippen LogP contribution in [0.2, 0.25) is 0 Å². The van der Waals surface area contributed by atoms with Gasteiger partial charge in [-0.1, -0.05) is 98.8 Å². The zero-order chi connectivity index (χ0) is 22.9. The Bertz CT molecular complexity index is 1730. The summed E-state index contributed by atoms with van der Waals surface area (Å²) in [5.41, 5.74) is 13.0. The molecule has 0 unspecified atom stereocenters. The van der Waals surface area contributed by atoms with Crippen LogP contribution in [0.3, 0.4) is 0 Å². The third-order valence-electron chi connectivity index (χ3n) is 7.64. The zero-order valence-corrected chi connectivity index (χ0v) is 19.4. The summed E-state index contributed by atoms with van der Waals surface area (Å²) in [7, 11) is 0. The lowest BCUT2D eigenvalue weighted by Crippen LogP contribution is -2.14. The molecule has 1 aliphatic carbocycles. The molecule has 1 heteroatoms. The van der Waals surface area contributed by atoms with E-state index in [1.54, 1.807) is 0 Å². The van der Waals surface area contributed by atoms with E-state index < -0.39 is 0 Å². The standard InChI is InChI=1S/C33H25N/c1-33(2)29-13-7-5-11-25(29)26-17-15-22(20-30(26)33)24-10-4-3-9-23(24)21-16-18-32-28(19-21)27-12-6-8-14-31(27)34-32/h3-20,34H,1-2H3. The molecule has 1 aromatic heterocycles. The average Bonchev–Trinajstić information content (AvgIpc) is 3.36. The van der Waals surface area contributed by atoms with Crippen LogP contribution in [0.25, 0.3) is 55.2 Å². The monoisotopic (exact) mass is 435 g/mol. The summed E-state index contributed by atoms with van der Waals surface area (Å²) in [4.78, 5) is 3.55. The summed E-state index contributed by atoms with van der Waals surface area (Å²) < 4.78 is 0. The van der Waals surface area contributed by atoms with Crippen molar-refractivity contribution in [3.63, 3.8) is 0 Å². The molecule has 0 spiro atoms. The van der Waals surface area contributed by atoms with Crippen LogP contribution >= 0.6 is 0 Å². The molecule has 0 bridgehead atoms. The van der Waals surface area contributed by atoms with Gasteiger partial charge in [-0.15, -0.1) is 0 Å². The number of aromatic amines is 1. The van der Waals surface area contributed by atoms with Gasteiger partial charge in [0.05, 0.1) is 0 Å². The van der Waals surface area contributed by atoms with Crippen molar-refractivity contribution in [1.82, 2.24) is 4.98 Å². The van der Waals surface area contributed by atoms with E-state index >= 15 is 0 Å². The van der Waals surface area contributed by atoms with Gasteiger partial charge >= 0.3 is 0 Å². The average molecular weight is 436 g/mol. The van der Waals surface area contributed by atoms with Gasteiger partial charge in [0.1, 0.15) is 0 Å². The van der Waals surface area contributed by atoms with Crippen molar-refractivity contribution >= 4 is 21.8 Å². The SMILES string of the molecule is CC1(C)c2ccccc2-c2ccc(-c3ccccc3-c3ccc4[nH]c5ccccc5c4c3)cc21. The molecule has 1 N–H and O–H groups in total. The first-order valence-corrected chi connectivity index (χ1v) is 12.0. The van der Waals surface area contributed by atoms with Crippen molar-refractivity contribution in [2.75, 3.05) is 0 Å². The topological polar surface area (TPSA) is 15.8 Å².